The van der Waals surface area contributed by atoms with Gasteiger partial charge < -0.3 is 15.4 Å². The second kappa shape index (κ2) is 8.86. The Morgan fingerprint density at radius 1 is 1.13 bits per heavy atom. The predicted octanol–water partition coefficient (Wildman–Crippen LogP) is 2.64. The molecule has 0 bridgehead atoms. The summed E-state index contributed by atoms with van der Waals surface area (Å²) in [6.07, 6.45) is 5.88. The summed E-state index contributed by atoms with van der Waals surface area (Å²) in [7, 11) is 0. The summed E-state index contributed by atoms with van der Waals surface area (Å²) < 4.78 is 6.05. The third kappa shape index (κ3) is 4.53. The molecule has 1 aliphatic heterocycles. The molecular weight excluding hydrogens is 380 g/mol. The number of pyridine rings is 2. The minimum atomic E-state index is -0.561. The molecule has 4 rings (SSSR count). The topological polar surface area (TPSA) is 107 Å². The Morgan fingerprint density at radius 3 is 2.67 bits per heavy atom. The monoisotopic (exact) mass is 404 g/mol. The molecule has 0 aliphatic carbocycles. The van der Waals surface area contributed by atoms with Crippen LogP contribution in [0.2, 0.25) is 0 Å². The highest BCUT2D eigenvalue weighted by Gasteiger charge is 2.23. The summed E-state index contributed by atoms with van der Waals surface area (Å²) >= 11 is 0. The zero-order valence-corrected chi connectivity index (χ0v) is 16.9. The van der Waals surface area contributed by atoms with E-state index in [2.05, 4.69) is 32.8 Å². The summed E-state index contributed by atoms with van der Waals surface area (Å²) in [4.78, 5) is 31.3. The van der Waals surface area contributed by atoms with Crippen LogP contribution in [0.4, 0.5) is 5.82 Å². The van der Waals surface area contributed by atoms with Crippen LogP contribution in [0.3, 0.4) is 0 Å². The number of carbonyl (C=O) groups is 1. The van der Waals surface area contributed by atoms with Gasteiger partial charge in [-0.3, -0.25) is 14.8 Å². The molecule has 8 nitrogen and oxygen atoms in total. The fourth-order valence-electron chi connectivity index (χ4n) is 3.45. The predicted molar refractivity (Wildman–Crippen MR) is 113 cm³/mol. The van der Waals surface area contributed by atoms with Gasteiger partial charge in [-0.15, -0.1) is 0 Å². The summed E-state index contributed by atoms with van der Waals surface area (Å²) in [5, 5.41) is 0. The van der Waals surface area contributed by atoms with Crippen molar-refractivity contribution in [3.63, 3.8) is 0 Å². The van der Waals surface area contributed by atoms with Crippen molar-refractivity contribution in [1.82, 2.24) is 19.9 Å². The lowest BCUT2D eigenvalue weighted by atomic mass is 10.1. The van der Waals surface area contributed by atoms with Crippen molar-refractivity contribution >= 4 is 11.7 Å². The van der Waals surface area contributed by atoms with Crippen molar-refractivity contribution in [2.45, 2.75) is 32.3 Å². The van der Waals surface area contributed by atoms with Crippen molar-refractivity contribution in [1.29, 1.82) is 0 Å². The van der Waals surface area contributed by atoms with E-state index in [-0.39, 0.29) is 11.8 Å². The fraction of sp³-hybridized carbons (Fsp3) is 0.318. The third-order valence-corrected chi connectivity index (χ3v) is 5.07. The summed E-state index contributed by atoms with van der Waals surface area (Å²) in [6, 6.07) is 11.1. The Hall–Kier alpha value is -3.55. The lowest BCUT2D eigenvalue weighted by Crippen LogP contribution is -2.38. The molecule has 154 valence electrons. The van der Waals surface area contributed by atoms with E-state index >= 15 is 0 Å². The highest BCUT2D eigenvalue weighted by atomic mass is 16.5. The molecule has 0 saturated carbocycles. The first-order valence-corrected chi connectivity index (χ1v) is 10.1. The third-order valence-electron chi connectivity index (χ3n) is 5.07. The van der Waals surface area contributed by atoms with Crippen LogP contribution in [0.15, 0.2) is 48.8 Å². The Labute approximate surface area is 175 Å². The SMILES string of the molecule is CCc1cc(N2CCC(Oc3ccnc(C(N)=O)c3)CC2)nc(-c2ccccn2)n1. The number of nitrogens with two attached hydrogens (primary N) is 1. The lowest BCUT2D eigenvalue weighted by Gasteiger charge is -2.33. The van der Waals surface area contributed by atoms with Gasteiger partial charge in [0.25, 0.3) is 5.91 Å². The van der Waals surface area contributed by atoms with E-state index in [0.717, 1.165) is 49.6 Å². The van der Waals surface area contributed by atoms with Crippen LogP contribution in [0, 0.1) is 0 Å². The molecule has 1 aliphatic rings. The van der Waals surface area contributed by atoms with Crippen molar-refractivity contribution in [2.75, 3.05) is 18.0 Å². The van der Waals surface area contributed by atoms with Gasteiger partial charge in [-0.05, 0) is 24.6 Å². The Morgan fingerprint density at radius 2 is 1.97 bits per heavy atom. The van der Waals surface area contributed by atoms with E-state index < -0.39 is 5.91 Å². The second-order valence-corrected chi connectivity index (χ2v) is 7.15. The zero-order chi connectivity index (χ0) is 20.9. The van der Waals surface area contributed by atoms with Crippen molar-refractivity contribution in [2.24, 2.45) is 5.73 Å². The molecular formula is C22H24N6O2. The largest absolute Gasteiger partial charge is 0.490 e. The number of aromatic nitrogens is 4. The van der Waals surface area contributed by atoms with Gasteiger partial charge in [-0.2, -0.15) is 0 Å². The number of aryl methyl sites for hydroxylation is 1. The van der Waals surface area contributed by atoms with Crippen molar-refractivity contribution in [3.8, 4) is 17.3 Å². The van der Waals surface area contributed by atoms with Gasteiger partial charge in [0.05, 0.1) is 0 Å². The fourth-order valence-corrected chi connectivity index (χ4v) is 3.45. The molecule has 0 radical (unpaired) electrons. The number of ether oxygens (including phenoxy) is 1. The van der Waals surface area contributed by atoms with Crippen LogP contribution in [0.1, 0.15) is 35.9 Å². The van der Waals surface area contributed by atoms with Crippen LogP contribution < -0.4 is 15.4 Å². The van der Waals surface area contributed by atoms with E-state index in [1.165, 1.54) is 6.20 Å². The van der Waals surface area contributed by atoms with E-state index in [1.54, 1.807) is 18.3 Å². The van der Waals surface area contributed by atoms with E-state index in [9.17, 15) is 4.79 Å². The highest BCUT2D eigenvalue weighted by Crippen LogP contribution is 2.24. The number of hydrogen-bond donors (Lipinski definition) is 1. The van der Waals surface area contributed by atoms with Crippen LogP contribution in [-0.4, -0.2) is 45.0 Å². The quantitative estimate of drug-likeness (QED) is 0.673. The maximum atomic E-state index is 11.3. The molecule has 0 unspecified atom stereocenters. The van der Waals surface area contributed by atoms with Crippen LogP contribution in [0.5, 0.6) is 5.75 Å². The molecule has 8 heteroatoms. The average molecular weight is 404 g/mol. The van der Waals surface area contributed by atoms with Gasteiger partial charge in [-0.25, -0.2) is 9.97 Å². The van der Waals surface area contributed by atoms with Gasteiger partial charge in [0.15, 0.2) is 5.82 Å². The smallest absolute Gasteiger partial charge is 0.267 e. The molecule has 0 spiro atoms. The lowest BCUT2D eigenvalue weighted by molar-refractivity contribution is 0.0994. The van der Waals surface area contributed by atoms with Gasteiger partial charge >= 0.3 is 0 Å². The molecule has 30 heavy (non-hydrogen) atoms. The Kier molecular flexibility index (Phi) is 5.83. The minimum absolute atomic E-state index is 0.0621. The van der Waals surface area contributed by atoms with Gasteiger partial charge in [0.1, 0.15) is 29.1 Å². The standard InChI is InChI=1S/C22H24N6O2/c1-2-15-13-20(27-22(26-15)18-5-3-4-9-24-18)28-11-7-16(8-12-28)30-17-6-10-25-19(14-17)21(23)29/h3-6,9-10,13-14,16H,2,7-8,11-12H2,1H3,(H2,23,29). The molecule has 3 aromatic rings. The first-order chi connectivity index (χ1) is 14.6. The maximum absolute atomic E-state index is 11.3. The normalized spacial score (nSPS) is 14.5. The number of anilines is 1. The highest BCUT2D eigenvalue weighted by molar-refractivity contribution is 5.91. The second-order valence-electron chi connectivity index (χ2n) is 7.15. The summed E-state index contributed by atoms with van der Waals surface area (Å²) in [6.45, 7) is 3.73. The maximum Gasteiger partial charge on any atom is 0.267 e. The number of rotatable bonds is 6. The minimum Gasteiger partial charge on any atom is -0.490 e. The van der Waals surface area contributed by atoms with Crippen molar-refractivity contribution < 1.29 is 9.53 Å². The first-order valence-electron chi connectivity index (χ1n) is 10.1. The molecule has 2 N–H and O–H groups in total. The zero-order valence-electron chi connectivity index (χ0n) is 16.9. The number of primary amides is 1. The number of amides is 1. The van der Waals surface area contributed by atoms with E-state index in [4.69, 9.17) is 15.5 Å². The van der Waals surface area contributed by atoms with Gasteiger partial charge in [0, 0.05) is 56.2 Å². The van der Waals surface area contributed by atoms with Crippen LogP contribution in [-0.2, 0) is 6.42 Å². The summed E-state index contributed by atoms with van der Waals surface area (Å²) in [5.41, 5.74) is 7.27. The summed E-state index contributed by atoms with van der Waals surface area (Å²) in [5.74, 6) is 1.62. The van der Waals surface area contributed by atoms with Crippen LogP contribution >= 0.6 is 0 Å². The Bertz CT molecular complexity index is 1020. The molecule has 3 aromatic heterocycles. The molecule has 0 atom stereocenters. The molecule has 0 aromatic carbocycles. The van der Waals surface area contributed by atoms with Crippen LogP contribution in [0.25, 0.3) is 11.5 Å². The molecule has 4 heterocycles. The number of carbonyl (C=O) groups excluding carboxylic acids is 1. The molecule has 1 amide bonds. The Balaban J connectivity index is 1.45. The molecule has 1 saturated heterocycles. The van der Waals surface area contributed by atoms with Crippen molar-refractivity contribution in [3.05, 3.63) is 60.2 Å². The van der Waals surface area contributed by atoms with E-state index in [1.807, 2.05) is 18.2 Å². The average Bonchev–Trinajstić information content (AvgIpc) is 2.80. The molecule has 1 fully saturated rings. The van der Waals surface area contributed by atoms with E-state index in [0.29, 0.717) is 11.6 Å². The number of piperidine rings is 1. The van der Waals surface area contributed by atoms with Gasteiger partial charge in [-0.1, -0.05) is 13.0 Å². The number of nitrogens with zero attached hydrogens (tertiary/aromatic N) is 5. The van der Waals surface area contributed by atoms with Gasteiger partial charge in [0.2, 0.25) is 0 Å². The first kappa shape index (κ1) is 19.8. The number of hydrogen-bond acceptors (Lipinski definition) is 7.